The summed E-state index contributed by atoms with van der Waals surface area (Å²) in [7, 11) is 3.17. The number of benzene rings is 1. The van der Waals surface area contributed by atoms with Crippen molar-refractivity contribution in [2.75, 3.05) is 7.11 Å². The molecule has 0 saturated heterocycles. The summed E-state index contributed by atoms with van der Waals surface area (Å²) >= 11 is 0. The Bertz CT molecular complexity index is 537. The first-order chi connectivity index (χ1) is 8.15. The Morgan fingerprint density at radius 2 is 2.18 bits per heavy atom. The van der Waals surface area contributed by atoms with E-state index in [2.05, 4.69) is 5.10 Å². The smallest absolute Gasteiger partial charge is 0.165 e. The molecule has 5 heteroatoms. The van der Waals surface area contributed by atoms with E-state index in [0.717, 1.165) is 5.69 Å². The SMILES string of the molecule is COc1ccc(-c2cc(CO)nn2C)cc1F. The third-order valence-corrected chi connectivity index (χ3v) is 2.54. The summed E-state index contributed by atoms with van der Waals surface area (Å²) in [5.74, 6) is -0.213. The molecule has 1 N–H and O–H groups in total. The fourth-order valence-corrected chi connectivity index (χ4v) is 1.70. The summed E-state index contributed by atoms with van der Waals surface area (Å²) < 4.78 is 20.0. The van der Waals surface area contributed by atoms with Gasteiger partial charge in [0.05, 0.1) is 25.1 Å². The quantitative estimate of drug-likeness (QED) is 0.882. The van der Waals surface area contributed by atoms with E-state index in [0.29, 0.717) is 11.3 Å². The molecule has 0 radical (unpaired) electrons. The standard InChI is InChI=1S/C12H13FN2O2/c1-15-11(6-9(7-16)14-15)8-3-4-12(17-2)10(13)5-8/h3-6,16H,7H2,1-2H3. The Morgan fingerprint density at radius 3 is 2.71 bits per heavy atom. The van der Waals surface area contributed by atoms with Crippen LogP contribution in [0.5, 0.6) is 5.75 Å². The van der Waals surface area contributed by atoms with Crippen LogP contribution < -0.4 is 4.74 Å². The zero-order valence-electron chi connectivity index (χ0n) is 9.64. The van der Waals surface area contributed by atoms with Gasteiger partial charge in [0.25, 0.3) is 0 Å². The summed E-state index contributed by atoms with van der Waals surface area (Å²) in [6.07, 6.45) is 0. The molecule has 1 aromatic heterocycles. The summed E-state index contributed by atoms with van der Waals surface area (Å²) in [5, 5.41) is 13.1. The van der Waals surface area contributed by atoms with E-state index in [4.69, 9.17) is 9.84 Å². The zero-order chi connectivity index (χ0) is 12.4. The molecule has 0 aliphatic carbocycles. The van der Waals surface area contributed by atoms with Gasteiger partial charge in [-0.1, -0.05) is 0 Å². The number of aliphatic hydroxyl groups excluding tert-OH is 1. The molecule has 0 bridgehead atoms. The molecule has 0 aliphatic heterocycles. The molecule has 90 valence electrons. The Balaban J connectivity index is 2.45. The van der Waals surface area contributed by atoms with Crippen LogP contribution in [0.4, 0.5) is 4.39 Å². The van der Waals surface area contributed by atoms with Gasteiger partial charge in [0, 0.05) is 12.6 Å². The molecule has 0 spiro atoms. The van der Waals surface area contributed by atoms with Crippen LogP contribution in [0.1, 0.15) is 5.69 Å². The van der Waals surface area contributed by atoms with Crippen LogP contribution >= 0.6 is 0 Å². The fraction of sp³-hybridized carbons (Fsp3) is 0.250. The summed E-state index contributed by atoms with van der Waals surface area (Å²) in [6.45, 7) is -0.132. The van der Waals surface area contributed by atoms with Crippen LogP contribution in [0.25, 0.3) is 11.3 Å². The number of hydrogen-bond acceptors (Lipinski definition) is 3. The largest absolute Gasteiger partial charge is 0.494 e. The number of ether oxygens (including phenoxy) is 1. The van der Waals surface area contributed by atoms with Crippen LogP contribution in [0.15, 0.2) is 24.3 Å². The molecule has 4 nitrogen and oxygen atoms in total. The lowest BCUT2D eigenvalue weighted by Gasteiger charge is -2.05. The Hall–Kier alpha value is -1.88. The highest BCUT2D eigenvalue weighted by atomic mass is 19.1. The number of rotatable bonds is 3. The lowest BCUT2D eigenvalue weighted by Crippen LogP contribution is -1.95. The second-order valence-electron chi connectivity index (χ2n) is 3.65. The summed E-state index contributed by atoms with van der Waals surface area (Å²) in [5.41, 5.74) is 1.99. The lowest BCUT2D eigenvalue weighted by molar-refractivity contribution is 0.275. The molecule has 0 amide bonds. The van der Waals surface area contributed by atoms with Crippen molar-refractivity contribution in [3.8, 4) is 17.0 Å². The van der Waals surface area contributed by atoms with Gasteiger partial charge in [-0.15, -0.1) is 0 Å². The number of nitrogens with zero attached hydrogens (tertiary/aromatic N) is 2. The van der Waals surface area contributed by atoms with Gasteiger partial charge < -0.3 is 9.84 Å². The second-order valence-corrected chi connectivity index (χ2v) is 3.65. The van der Waals surface area contributed by atoms with Crippen molar-refractivity contribution < 1.29 is 14.2 Å². The van der Waals surface area contributed by atoms with Crippen molar-refractivity contribution in [1.29, 1.82) is 0 Å². The maximum absolute atomic E-state index is 13.6. The van der Waals surface area contributed by atoms with Gasteiger partial charge in [-0.05, 0) is 24.3 Å². The number of aryl methyl sites for hydroxylation is 1. The Labute approximate surface area is 98.3 Å². The van der Waals surface area contributed by atoms with Gasteiger partial charge >= 0.3 is 0 Å². The van der Waals surface area contributed by atoms with Gasteiger partial charge in [0.2, 0.25) is 0 Å². The van der Waals surface area contributed by atoms with Crippen LogP contribution in [0.3, 0.4) is 0 Å². The minimum absolute atomic E-state index is 0.132. The lowest BCUT2D eigenvalue weighted by atomic mass is 10.1. The van der Waals surface area contributed by atoms with Crippen molar-refractivity contribution in [3.63, 3.8) is 0 Å². The normalized spacial score (nSPS) is 10.6. The highest BCUT2D eigenvalue weighted by Gasteiger charge is 2.10. The van der Waals surface area contributed by atoms with E-state index in [1.807, 2.05) is 0 Å². The third kappa shape index (κ3) is 2.14. The molecular weight excluding hydrogens is 223 g/mol. The van der Waals surface area contributed by atoms with Crippen LogP contribution in [-0.2, 0) is 13.7 Å². The van der Waals surface area contributed by atoms with Crippen LogP contribution in [-0.4, -0.2) is 22.0 Å². The summed E-state index contributed by atoms with van der Waals surface area (Å²) in [4.78, 5) is 0. The predicted octanol–water partition coefficient (Wildman–Crippen LogP) is 1.73. The molecule has 0 saturated carbocycles. The van der Waals surface area contributed by atoms with E-state index >= 15 is 0 Å². The van der Waals surface area contributed by atoms with E-state index < -0.39 is 5.82 Å². The molecule has 2 aromatic rings. The number of halogens is 1. The van der Waals surface area contributed by atoms with Crippen LogP contribution in [0.2, 0.25) is 0 Å². The van der Waals surface area contributed by atoms with Gasteiger partial charge in [-0.25, -0.2) is 4.39 Å². The topological polar surface area (TPSA) is 47.3 Å². The minimum Gasteiger partial charge on any atom is -0.494 e. The molecule has 1 aromatic carbocycles. The molecule has 1 heterocycles. The molecule has 17 heavy (non-hydrogen) atoms. The highest BCUT2D eigenvalue weighted by Crippen LogP contribution is 2.25. The number of hydrogen-bond donors (Lipinski definition) is 1. The molecule has 0 atom stereocenters. The number of methoxy groups -OCH3 is 1. The van der Waals surface area contributed by atoms with Crippen molar-refractivity contribution in [2.24, 2.45) is 7.05 Å². The predicted molar refractivity (Wildman–Crippen MR) is 61.1 cm³/mol. The first kappa shape index (κ1) is 11.6. The van der Waals surface area contributed by atoms with Crippen molar-refractivity contribution in [3.05, 3.63) is 35.8 Å². The molecular formula is C12H13FN2O2. The Morgan fingerprint density at radius 1 is 1.41 bits per heavy atom. The highest BCUT2D eigenvalue weighted by molar-refractivity contribution is 5.61. The van der Waals surface area contributed by atoms with Gasteiger partial charge in [0.15, 0.2) is 11.6 Å². The Kier molecular flexibility index (Phi) is 3.10. The molecule has 2 rings (SSSR count). The second kappa shape index (κ2) is 4.55. The first-order valence-corrected chi connectivity index (χ1v) is 5.13. The first-order valence-electron chi connectivity index (χ1n) is 5.13. The fourth-order valence-electron chi connectivity index (χ4n) is 1.70. The van der Waals surface area contributed by atoms with Crippen LogP contribution in [0, 0.1) is 5.82 Å². The average molecular weight is 236 g/mol. The van der Waals surface area contributed by atoms with E-state index in [-0.39, 0.29) is 12.4 Å². The maximum Gasteiger partial charge on any atom is 0.165 e. The van der Waals surface area contributed by atoms with E-state index in [1.165, 1.54) is 13.2 Å². The average Bonchev–Trinajstić information content (AvgIpc) is 2.70. The molecule has 0 aliphatic rings. The number of aliphatic hydroxyl groups is 1. The monoisotopic (exact) mass is 236 g/mol. The third-order valence-electron chi connectivity index (χ3n) is 2.54. The minimum atomic E-state index is -0.420. The molecule has 0 fully saturated rings. The molecule has 0 unspecified atom stereocenters. The summed E-state index contributed by atoms with van der Waals surface area (Å²) in [6, 6.07) is 6.43. The van der Waals surface area contributed by atoms with Gasteiger partial charge in [0.1, 0.15) is 0 Å². The van der Waals surface area contributed by atoms with Crippen molar-refractivity contribution in [2.45, 2.75) is 6.61 Å². The van der Waals surface area contributed by atoms with Gasteiger partial charge in [-0.3, -0.25) is 4.68 Å². The maximum atomic E-state index is 13.6. The van der Waals surface area contributed by atoms with E-state index in [9.17, 15) is 4.39 Å². The number of aromatic nitrogens is 2. The van der Waals surface area contributed by atoms with E-state index in [1.54, 1.807) is 29.9 Å². The van der Waals surface area contributed by atoms with Crippen molar-refractivity contribution in [1.82, 2.24) is 9.78 Å². The van der Waals surface area contributed by atoms with Gasteiger partial charge in [-0.2, -0.15) is 5.10 Å². The zero-order valence-corrected chi connectivity index (χ0v) is 9.64. The van der Waals surface area contributed by atoms with Crippen molar-refractivity contribution >= 4 is 0 Å².